The predicted molar refractivity (Wildman–Crippen MR) is 96.0 cm³/mol. The van der Waals surface area contributed by atoms with E-state index < -0.39 is 0 Å². The van der Waals surface area contributed by atoms with Crippen LogP contribution >= 0.6 is 11.8 Å². The van der Waals surface area contributed by atoms with Crippen molar-refractivity contribution in [1.82, 2.24) is 25.0 Å². The van der Waals surface area contributed by atoms with E-state index in [0.29, 0.717) is 22.9 Å². The maximum atomic E-state index is 12.7. The first-order valence-corrected chi connectivity index (χ1v) is 10.0. The maximum Gasteiger partial charge on any atom is 0.233 e. The van der Waals surface area contributed by atoms with Gasteiger partial charge in [0.25, 0.3) is 0 Å². The molecule has 0 spiro atoms. The summed E-state index contributed by atoms with van der Waals surface area (Å²) in [5.74, 6) is 2.89. The van der Waals surface area contributed by atoms with Gasteiger partial charge in [0.2, 0.25) is 11.1 Å². The third-order valence-corrected chi connectivity index (χ3v) is 5.80. The van der Waals surface area contributed by atoms with Crippen LogP contribution in [0.5, 0.6) is 0 Å². The van der Waals surface area contributed by atoms with Gasteiger partial charge in [-0.05, 0) is 38.0 Å². The molecule has 7 heteroatoms. The van der Waals surface area contributed by atoms with Gasteiger partial charge < -0.3 is 4.90 Å². The van der Waals surface area contributed by atoms with Crippen molar-refractivity contribution in [2.24, 2.45) is 11.8 Å². The Morgan fingerprint density at radius 1 is 1.38 bits per heavy atom. The van der Waals surface area contributed by atoms with Crippen LogP contribution in [0.15, 0.2) is 5.16 Å². The van der Waals surface area contributed by atoms with E-state index in [4.69, 9.17) is 0 Å². The monoisotopic (exact) mass is 351 g/mol. The summed E-state index contributed by atoms with van der Waals surface area (Å²) in [4.78, 5) is 21.6. The van der Waals surface area contributed by atoms with Crippen molar-refractivity contribution in [2.75, 3.05) is 31.9 Å². The van der Waals surface area contributed by atoms with Crippen molar-refractivity contribution in [3.63, 3.8) is 0 Å². The summed E-state index contributed by atoms with van der Waals surface area (Å²) in [6, 6.07) is 0.479. The molecule has 2 fully saturated rings. The van der Waals surface area contributed by atoms with Crippen LogP contribution in [0.4, 0.5) is 0 Å². The van der Waals surface area contributed by atoms with Crippen molar-refractivity contribution in [1.29, 1.82) is 0 Å². The standard InChI is InChI=1S/C17H29N5OS/c1-12(2)15-10-22(8-4-7-21(15)9-14-5-6-14)16(23)11-24-17-18-13(3)19-20-17/h12,14-15H,4-11H2,1-3H3,(H,18,19,20). The molecule has 1 aliphatic heterocycles. The number of carbonyl (C=O) groups is 1. The summed E-state index contributed by atoms with van der Waals surface area (Å²) in [6.07, 6.45) is 3.85. The van der Waals surface area contributed by atoms with Gasteiger partial charge in [-0.2, -0.15) is 0 Å². The van der Waals surface area contributed by atoms with E-state index in [0.717, 1.165) is 37.8 Å². The zero-order valence-corrected chi connectivity index (χ0v) is 15.8. The fraction of sp³-hybridized carbons (Fsp3) is 0.824. The summed E-state index contributed by atoms with van der Waals surface area (Å²) in [6.45, 7) is 10.5. The number of amides is 1. The highest BCUT2D eigenvalue weighted by molar-refractivity contribution is 7.99. The summed E-state index contributed by atoms with van der Waals surface area (Å²) in [5, 5.41) is 7.57. The molecule has 0 radical (unpaired) electrons. The molecule has 2 heterocycles. The molecule has 3 rings (SSSR count). The third kappa shape index (κ3) is 4.72. The van der Waals surface area contributed by atoms with Crippen LogP contribution in [0.1, 0.15) is 38.9 Å². The summed E-state index contributed by atoms with van der Waals surface area (Å²) >= 11 is 1.42. The number of hydrogen-bond donors (Lipinski definition) is 1. The number of aryl methyl sites for hydroxylation is 1. The first-order valence-electron chi connectivity index (χ1n) is 9.06. The van der Waals surface area contributed by atoms with Gasteiger partial charge in [-0.25, -0.2) is 4.98 Å². The Morgan fingerprint density at radius 3 is 2.79 bits per heavy atom. The van der Waals surface area contributed by atoms with E-state index in [1.54, 1.807) is 0 Å². The zero-order chi connectivity index (χ0) is 17.1. The molecular weight excluding hydrogens is 322 g/mol. The summed E-state index contributed by atoms with van der Waals surface area (Å²) < 4.78 is 0. The molecule has 134 valence electrons. The molecule has 1 aliphatic carbocycles. The smallest absolute Gasteiger partial charge is 0.233 e. The van der Waals surface area contributed by atoms with Gasteiger partial charge in [0.05, 0.1) is 5.75 Å². The minimum Gasteiger partial charge on any atom is -0.340 e. The van der Waals surface area contributed by atoms with Crippen molar-refractivity contribution >= 4 is 17.7 Å². The van der Waals surface area contributed by atoms with E-state index in [1.807, 2.05) is 6.92 Å². The molecule has 1 unspecified atom stereocenters. The van der Waals surface area contributed by atoms with Crippen LogP contribution in [0.2, 0.25) is 0 Å². The van der Waals surface area contributed by atoms with Gasteiger partial charge in [0, 0.05) is 32.2 Å². The van der Waals surface area contributed by atoms with E-state index >= 15 is 0 Å². The average Bonchev–Trinajstić information content (AvgIpc) is 3.30. The van der Waals surface area contributed by atoms with Crippen molar-refractivity contribution in [3.05, 3.63) is 5.82 Å². The van der Waals surface area contributed by atoms with Crippen LogP contribution < -0.4 is 0 Å². The van der Waals surface area contributed by atoms with E-state index in [9.17, 15) is 4.79 Å². The molecule has 1 saturated heterocycles. The number of aromatic nitrogens is 3. The first-order chi connectivity index (χ1) is 11.5. The fourth-order valence-corrected chi connectivity index (χ4v) is 4.13. The Morgan fingerprint density at radius 2 is 2.17 bits per heavy atom. The lowest BCUT2D eigenvalue weighted by Crippen LogP contribution is -2.46. The largest absolute Gasteiger partial charge is 0.340 e. The lowest BCUT2D eigenvalue weighted by molar-refractivity contribution is -0.128. The number of hydrogen-bond acceptors (Lipinski definition) is 5. The highest BCUT2D eigenvalue weighted by Gasteiger charge is 2.33. The number of thioether (sulfide) groups is 1. The Balaban J connectivity index is 1.56. The molecular formula is C17H29N5OS. The van der Waals surface area contributed by atoms with Crippen LogP contribution in [0.3, 0.4) is 0 Å². The van der Waals surface area contributed by atoms with Crippen molar-refractivity contribution in [3.8, 4) is 0 Å². The maximum absolute atomic E-state index is 12.7. The van der Waals surface area contributed by atoms with Gasteiger partial charge in [-0.1, -0.05) is 25.6 Å². The molecule has 1 saturated carbocycles. The SMILES string of the molecule is Cc1nc(SCC(=O)N2CCCN(CC3CC3)C(C(C)C)C2)n[nH]1. The molecule has 2 aliphatic rings. The molecule has 0 aromatic carbocycles. The molecule has 0 bridgehead atoms. The van der Waals surface area contributed by atoms with Crippen molar-refractivity contribution in [2.45, 2.75) is 51.2 Å². The fourth-order valence-electron chi connectivity index (χ4n) is 3.39. The number of nitrogens with one attached hydrogen (secondary N) is 1. The van der Waals surface area contributed by atoms with E-state index in [2.05, 4.69) is 38.8 Å². The van der Waals surface area contributed by atoms with Gasteiger partial charge in [-0.15, -0.1) is 5.10 Å². The Kier molecular flexibility index (Phi) is 5.81. The van der Waals surface area contributed by atoms with Crippen LogP contribution in [-0.4, -0.2) is 68.9 Å². The molecule has 1 aromatic heterocycles. The molecule has 1 aromatic rings. The lowest BCUT2D eigenvalue weighted by atomic mass is 10.0. The molecule has 24 heavy (non-hydrogen) atoms. The number of H-pyrrole nitrogens is 1. The quantitative estimate of drug-likeness (QED) is 0.796. The predicted octanol–water partition coefficient (Wildman–Crippen LogP) is 2.17. The normalized spacial score (nSPS) is 22.8. The van der Waals surface area contributed by atoms with E-state index in [1.165, 1.54) is 31.1 Å². The highest BCUT2D eigenvalue weighted by atomic mass is 32.2. The molecule has 1 atom stereocenters. The van der Waals surface area contributed by atoms with E-state index in [-0.39, 0.29) is 5.91 Å². The Bertz CT molecular complexity index is 557. The number of nitrogens with zero attached hydrogens (tertiary/aromatic N) is 4. The molecule has 1 N–H and O–H groups in total. The number of carbonyl (C=O) groups excluding carboxylic acids is 1. The first kappa shape index (κ1) is 17.7. The third-order valence-electron chi connectivity index (χ3n) is 4.96. The second kappa shape index (κ2) is 7.87. The van der Waals surface area contributed by atoms with Gasteiger partial charge in [-0.3, -0.25) is 14.8 Å². The van der Waals surface area contributed by atoms with Crippen molar-refractivity contribution < 1.29 is 4.79 Å². The van der Waals surface area contributed by atoms with Gasteiger partial charge in [0.15, 0.2) is 0 Å². The van der Waals surface area contributed by atoms with Crippen LogP contribution in [0, 0.1) is 18.8 Å². The van der Waals surface area contributed by atoms with Crippen LogP contribution in [0.25, 0.3) is 0 Å². The number of aromatic amines is 1. The Labute approximate surface area is 148 Å². The lowest BCUT2D eigenvalue weighted by Gasteiger charge is -2.34. The second-order valence-electron chi connectivity index (χ2n) is 7.44. The molecule has 6 nitrogen and oxygen atoms in total. The Hall–Kier alpha value is -1.08. The summed E-state index contributed by atoms with van der Waals surface area (Å²) in [5.41, 5.74) is 0. The molecule has 1 amide bonds. The number of rotatable bonds is 6. The van der Waals surface area contributed by atoms with Gasteiger partial charge >= 0.3 is 0 Å². The van der Waals surface area contributed by atoms with Crippen LogP contribution in [-0.2, 0) is 4.79 Å². The minimum absolute atomic E-state index is 0.210. The second-order valence-corrected chi connectivity index (χ2v) is 8.38. The zero-order valence-electron chi connectivity index (χ0n) is 15.0. The average molecular weight is 352 g/mol. The minimum atomic E-state index is 0.210. The topological polar surface area (TPSA) is 65.1 Å². The highest BCUT2D eigenvalue weighted by Crippen LogP contribution is 2.32. The van der Waals surface area contributed by atoms with Gasteiger partial charge in [0.1, 0.15) is 5.82 Å². The summed E-state index contributed by atoms with van der Waals surface area (Å²) in [7, 11) is 0.